The third kappa shape index (κ3) is 7.58. The first-order chi connectivity index (χ1) is 18.0. The van der Waals surface area contributed by atoms with Gasteiger partial charge >= 0.3 is 0 Å². The van der Waals surface area contributed by atoms with Gasteiger partial charge in [0.15, 0.2) is 0 Å². The summed E-state index contributed by atoms with van der Waals surface area (Å²) in [7, 11) is -4.12. The lowest BCUT2D eigenvalue weighted by Crippen LogP contribution is -2.53. The molecule has 3 aromatic rings. The van der Waals surface area contributed by atoms with E-state index in [2.05, 4.69) is 5.32 Å². The molecule has 2 amide bonds. The number of rotatable bonds is 11. The molecule has 0 radical (unpaired) electrons. The molecule has 0 aromatic heterocycles. The summed E-state index contributed by atoms with van der Waals surface area (Å²) >= 11 is 6.19. The zero-order chi connectivity index (χ0) is 27.9. The van der Waals surface area contributed by atoms with Gasteiger partial charge < -0.3 is 10.2 Å². The van der Waals surface area contributed by atoms with Crippen LogP contribution in [0.25, 0.3) is 0 Å². The number of nitrogens with zero attached hydrogens (tertiary/aromatic N) is 2. The van der Waals surface area contributed by atoms with Gasteiger partial charge in [0.1, 0.15) is 12.6 Å². The van der Waals surface area contributed by atoms with Gasteiger partial charge in [0.2, 0.25) is 11.8 Å². The van der Waals surface area contributed by atoms with Crippen molar-refractivity contribution in [3.05, 3.63) is 95.0 Å². The van der Waals surface area contributed by atoms with E-state index in [0.717, 1.165) is 15.4 Å². The zero-order valence-corrected chi connectivity index (χ0v) is 23.7. The first-order valence-electron chi connectivity index (χ1n) is 12.5. The second-order valence-electron chi connectivity index (χ2n) is 9.47. The van der Waals surface area contributed by atoms with Crippen LogP contribution in [0.3, 0.4) is 0 Å². The van der Waals surface area contributed by atoms with Gasteiger partial charge in [0.05, 0.1) is 10.6 Å². The monoisotopic (exact) mass is 555 g/mol. The summed E-state index contributed by atoms with van der Waals surface area (Å²) in [5.74, 6) is -0.805. The third-order valence-electron chi connectivity index (χ3n) is 6.07. The topological polar surface area (TPSA) is 86.8 Å². The fourth-order valence-electron chi connectivity index (χ4n) is 3.97. The SMILES string of the molecule is Cc1ccc(S(=O)(=O)N(CC(=O)N(CCc2ccccc2)C(C)C(=O)NC(C)C)c2cccc(Cl)c2)cc1. The summed E-state index contributed by atoms with van der Waals surface area (Å²) in [4.78, 5) is 28.2. The summed E-state index contributed by atoms with van der Waals surface area (Å²) < 4.78 is 28.6. The van der Waals surface area contributed by atoms with Crippen molar-refractivity contribution in [1.82, 2.24) is 10.2 Å². The van der Waals surface area contributed by atoms with E-state index in [1.165, 1.54) is 23.1 Å². The number of nitrogens with one attached hydrogen (secondary N) is 1. The highest BCUT2D eigenvalue weighted by Gasteiger charge is 2.32. The normalized spacial score (nSPS) is 12.2. The van der Waals surface area contributed by atoms with E-state index >= 15 is 0 Å². The van der Waals surface area contributed by atoms with Crippen molar-refractivity contribution >= 4 is 39.1 Å². The largest absolute Gasteiger partial charge is 0.352 e. The van der Waals surface area contributed by atoms with Gasteiger partial charge in [-0.05, 0) is 70.0 Å². The minimum absolute atomic E-state index is 0.0531. The number of amides is 2. The summed E-state index contributed by atoms with van der Waals surface area (Å²) in [5.41, 5.74) is 2.17. The first-order valence-corrected chi connectivity index (χ1v) is 14.3. The molecule has 7 nitrogen and oxygen atoms in total. The van der Waals surface area contributed by atoms with Crippen molar-refractivity contribution in [2.75, 3.05) is 17.4 Å². The van der Waals surface area contributed by atoms with Gasteiger partial charge in [-0.2, -0.15) is 0 Å². The molecule has 38 heavy (non-hydrogen) atoms. The number of benzene rings is 3. The van der Waals surface area contributed by atoms with Crippen LogP contribution in [0.4, 0.5) is 5.69 Å². The summed E-state index contributed by atoms with van der Waals surface area (Å²) in [5, 5.41) is 3.19. The molecule has 3 rings (SSSR count). The van der Waals surface area contributed by atoms with Crippen LogP contribution in [0.15, 0.2) is 83.8 Å². The van der Waals surface area contributed by atoms with Crippen LogP contribution in [0.2, 0.25) is 5.02 Å². The van der Waals surface area contributed by atoms with Crippen LogP contribution in [0, 0.1) is 6.92 Å². The Hall–Kier alpha value is -3.36. The second-order valence-corrected chi connectivity index (χ2v) is 11.8. The smallest absolute Gasteiger partial charge is 0.264 e. The Bertz CT molecular complexity index is 1350. The van der Waals surface area contributed by atoms with Crippen molar-refractivity contribution < 1.29 is 18.0 Å². The zero-order valence-electron chi connectivity index (χ0n) is 22.1. The van der Waals surface area contributed by atoms with E-state index < -0.39 is 28.5 Å². The molecule has 0 heterocycles. The number of anilines is 1. The molecule has 1 atom stereocenters. The van der Waals surface area contributed by atoms with Crippen LogP contribution in [0.5, 0.6) is 0 Å². The Kier molecular flexibility index (Phi) is 9.94. The van der Waals surface area contributed by atoms with E-state index in [0.29, 0.717) is 11.4 Å². The van der Waals surface area contributed by atoms with Gasteiger partial charge in [-0.25, -0.2) is 8.42 Å². The minimum atomic E-state index is -4.12. The highest BCUT2D eigenvalue weighted by atomic mass is 35.5. The minimum Gasteiger partial charge on any atom is -0.352 e. The Balaban J connectivity index is 1.98. The summed E-state index contributed by atoms with van der Waals surface area (Å²) in [6.07, 6.45) is 0.508. The molecule has 202 valence electrons. The summed E-state index contributed by atoms with van der Waals surface area (Å²) in [6.45, 7) is 6.95. The summed E-state index contributed by atoms with van der Waals surface area (Å²) in [6, 6.07) is 21.5. The van der Waals surface area contributed by atoms with Crippen LogP contribution in [-0.2, 0) is 26.0 Å². The van der Waals surface area contributed by atoms with Crippen molar-refractivity contribution in [2.24, 2.45) is 0 Å². The van der Waals surface area contributed by atoms with E-state index in [1.807, 2.05) is 51.1 Å². The van der Waals surface area contributed by atoms with E-state index in [9.17, 15) is 18.0 Å². The average molecular weight is 556 g/mol. The van der Waals surface area contributed by atoms with Gasteiger partial charge in [0, 0.05) is 17.6 Å². The van der Waals surface area contributed by atoms with Gasteiger partial charge in [-0.3, -0.25) is 13.9 Å². The Morgan fingerprint density at radius 3 is 2.18 bits per heavy atom. The van der Waals surface area contributed by atoms with Crippen molar-refractivity contribution in [3.63, 3.8) is 0 Å². The van der Waals surface area contributed by atoms with E-state index in [1.54, 1.807) is 37.3 Å². The average Bonchev–Trinajstić information content (AvgIpc) is 2.87. The predicted molar refractivity (Wildman–Crippen MR) is 152 cm³/mol. The molecule has 1 N–H and O–H groups in total. The fourth-order valence-corrected chi connectivity index (χ4v) is 5.56. The van der Waals surface area contributed by atoms with Crippen molar-refractivity contribution in [1.29, 1.82) is 0 Å². The maximum atomic E-state index is 13.8. The Morgan fingerprint density at radius 1 is 0.921 bits per heavy atom. The lowest BCUT2D eigenvalue weighted by molar-refractivity contribution is -0.139. The number of hydrogen-bond donors (Lipinski definition) is 1. The van der Waals surface area contributed by atoms with Crippen molar-refractivity contribution in [2.45, 2.75) is 51.1 Å². The highest BCUT2D eigenvalue weighted by Crippen LogP contribution is 2.27. The number of halogens is 1. The van der Waals surface area contributed by atoms with Crippen LogP contribution in [-0.4, -0.2) is 50.3 Å². The molecule has 0 fully saturated rings. The predicted octanol–water partition coefficient (Wildman–Crippen LogP) is 4.83. The highest BCUT2D eigenvalue weighted by molar-refractivity contribution is 7.92. The molecule has 3 aromatic carbocycles. The van der Waals surface area contributed by atoms with E-state index in [-0.39, 0.29) is 29.1 Å². The standard InChI is InChI=1S/C29H34ClN3O4S/c1-21(2)31-29(35)23(4)32(18-17-24-9-6-5-7-10-24)28(34)20-33(26-12-8-11-25(30)19-26)38(36,37)27-15-13-22(3)14-16-27/h5-16,19,21,23H,17-18,20H2,1-4H3,(H,31,35). The Morgan fingerprint density at radius 2 is 1.58 bits per heavy atom. The van der Waals surface area contributed by atoms with Crippen LogP contribution < -0.4 is 9.62 Å². The Labute approximate surface area is 230 Å². The molecular formula is C29H34ClN3O4S. The number of carbonyl (C=O) groups is 2. The molecule has 0 spiro atoms. The molecule has 0 aliphatic rings. The molecular weight excluding hydrogens is 522 g/mol. The molecule has 0 saturated heterocycles. The van der Waals surface area contributed by atoms with E-state index in [4.69, 9.17) is 11.6 Å². The molecule has 0 aliphatic heterocycles. The van der Waals surface area contributed by atoms with Gasteiger partial charge in [-0.15, -0.1) is 0 Å². The number of carbonyl (C=O) groups excluding carboxylic acids is 2. The number of hydrogen-bond acceptors (Lipinski definition) is 4. The molecule has 0 aliphatic carbocycles. The maximum absolute atomic E-state index is 13.8. The third-order valence-corrected chi connectivity index (χ3v) is 8.09. The lowest BCUT2D eigenvalue weighted by atomic mass is 10.1. The maximum Gasteiger partial charge on any atom is 0.264 e. The second kappa shape index (κ2) is 12.9. The molecule has 0 saturated carbocycles. The van der Waals surface area contributed by atoms with Crippen LogP contribution in [0.1, 0.15) is 31.9 Å². The van der Waals surface area contributed by atoms with Crippen molar-refractivity contribution in [3.8, 4) is 0 Å². The quantitative estimate of drug-likeness (QED) is 0.367. The molecule has 1 unspecified atom stereocenters. The molecule has 0 bridgehead atoms. The van der Waals surface area contributed by atoms with Gasteiger partial charge in [0.25, 0.3) is 10.0 Å². The number of aryl methyl sites for hydroxylation is 1. The van der Waals surface area contributed by atoms with Crippen LogP contribution >= 0.6 is 11.6 Å². The number of sulfonamides is 1. The first kappa shape index (κ1) is 29.2. The fraction of sp³-hybridized carbons (Fsp3) is 0.310. The lowest BCUT2D eigenvalue weighted by Gasteiger charge is -2.32. The molecule has 9 heteroatoms. The van der Waals surface area contributed by atoms with Gasteiger partial charge in [-0.1, -0.05) is 65.7 Å².